The van der Waals surface area contributed by atoms with Crippen LogP contribution in [0, 0.1) is 28.6 Å². The molecule has 0 spiro atoms. The van der Waals surface area contributed by atoms with E-state index in [2.05, 4.69) is 6.07 Å². The minimum absolute atomic E-state index is 0.263. The Morgan fingerprint density at radius 3 is 2.39 bits per heavy atom. The number of allylic oxidation sites excluding steroid dienone is 2. The summed E-state index contributed by atoms with van der Waals surface area (Å²) in [7, 11) is 0. The smallest absolute Gasteiger partial charge is 0.426 e. The van der Waals surface area contributed by atoms with E-state index < -0.39 is 28.5 Å². The van der Waals surface area contributed by atoms with E-state index in [4.69, 9.17) is 16.3 Å². The van der Waals surface area contributed by atoms with Crippen LogP contribution in [0.2, 0.25) is 0 Å². The normalized spacial score (nSPS) is 22.2. The van der Waals surface area contributed by atoms with Crippen molar-refractivity contribution in [2.75, 3.05) is 0 Å². The molecule has 0 heterocycles. The summed E-state index contributed by atoms with van der Waals surface area (Å²) in [6.07, 6.45) is -3.53. The van der Waals surface area contributed by atoms with Crippen molar-refractivity contribution in [2.45, 2.75) is 25.9 Å². The molecule has 1 saturated carbocycles. The molecule has 0 N–H and O–H groups in total. The molecule has 0 aromatic heterocycles. The lowest BCUT2D eigenvalue weighted by atomic mass is 9.91. The van der Waals surface area contributed by atoms with Gasteiger partial charge in [-0.15, -0.1) is 0 Å². The maximum Gasteiger partial charge on any atom is 0.426 e. The first kappa shape index (κ1) is 20.3. The summed E-state index contributed by atoms with van der Waals surface area (Å²) in [5, 5.41) is 8.61. The molecular formula is C22H19ClF3NO. The molecule has 2 aromatic rings. The summed E-state index contributed by atoms with van der Waals surface area (Å²) in [5.74, 6) is -0.0145. The second-order valence-electron chi connectivity index (χ2n) is 7.48. The molecule has 0 unspecified atom stereocenters. The van der Waals surface area contributed by atoms with E-state index in [-0.39, 0.29) is 5.92 Å². The first-order valence-corrected chi connectivity index (χ1v) is 9.19. The second kappa shape index (κ2) is 7.52. The first-order valence-electron chi connectivity index (χ1n) is 8.81. The minimum atomic E-state index is -4.57. The monoisotopic (exact) mass is 405 g/mol. The van der Waals surface area contributed by atoms with Gasteiger partial charge in [0, 0.05) is 0 Å². The van der Waals surface area contributed by atoms with Crippen molar-refractivity contribution in [2.24, 2.45) is 17.3 Å². The van der Waals surface area contributed by atoms with E-state index in [1.165, 1.54) is 0 Å². The van der Waals surface area contributed by atoms with E-state index in [0.29, 0.717) is 17.1 Å². The predicted octanol–water partition coefficient (Wildman–Crippen LogP) is 7.04. The number of alkyl halides is 3. The number of halogens is 4. The Labute approximate surface area is 167 Å². The van der Waals surface area contributed by atoms with Crippen molar-refractivity contribution in [3.8, 4) is 17.6 Å². The SMILES string of the molecule is CC1(C)[C@@H]([C@H](C#N)c2cccc(Oc3ccccc3)c2)[C@H]1C=C(Cl)C(F)(F)F. The summed E-state index contributed by atoms with van der Waals surface area (Å²) in [5.41, 5.74) is 0.260. The van der Waals surface area contributed by atoms with Crippen LogP contribution in [0.1, 0.15) is 25.3 Å². The molecule has 0 aliphatic heterocycles. The van der Waals surface area contributed by atoms with Crippen LogP contribution >= 0.6 is 11.6 Å². The lowest BCUT2D eigenvalue weighted by Crippen LogP contribution is -2.07. The molecular weight excluding hydrogens is 387 g/mol. The number of nitriles is 1. The molecule has 146 valence electrons. The Balaban J connectivity index is 1.84. The van der Waals surface area contributed by atoms with E-state index in [1.807, 2.05) is 44.2 Å². The Bertz CT molecular complexity index is 915. The molecule has 6 heteroatoms. The number of hydrogen-bond acceptors (Lipinski definition) is 2. The van der Waals surface area contributed by atoms with Crippen LogP contribution in [0.25, 0.3) is 0 Å². The van der Waals surface area contributed by atoms with Gasteiger partial charge in [-0.1, -0.05) is 61.9 Å². The van der Waals surface area contributed by atoms with Crippen molar-refractivity contribution in [3.05, 3.63) is 71.3 Å². The highest BCUT2D eigenvalue weighted by Crippen LogP contribution is 2.65. The topological polar surface area (TPSA) is 33.0 Å². The van der Waals surface area contributed by atoms with Gasteiger partial charge in [-0.2, -0.15) is 18.4 Å². The molecule has 3 rings (SSSR count). The molecule has 3 atom stereocenters. The Morgan fingerprint density at radius 1 is 1.14 bits per heavy atom. The molecule has 1 aliphatic rings. The highest BCUT2D eigenvalue weighted by Gasteiger charge is 2.60. The van der Waals surface area contributed by atoms with Crippen LogP contribution in [-0.2, 0) is 0 Å². The summed E-state index contributed by atoms with van der Waals surface area (Å²) in [6.45, 7) is 3.71. The summed E-state index contributed by atoms with van der Waals surface area (Å²) >= 11 is 5.43. The number of rotatable bonds is 5. The fourth-order valence-corrected chi connectivity index (χ4v) is 3.82. The van der Waals surface area contributed by atoms with E-state index in [9.17, 15) is 18.4 Å². The average Bonchev–Trinajstić information content (AvgIpc) is 3.16. The number of nitrogens with zero attached hydrogens (tertiary/aromatic N) is 1. The molecule has 2 nitrogen and oxygen atoms in total. The number of benzene rings is 2. The van der Waals surface area contributed by atoms with Crippen LogP contribution in [0.15, 0.2) is 65.7 Å². The molecule has 0 amide bonds. The van der Waals surface area contributed by atoms with Gasteiger partial charge in [0.05, 0.1) is 12.0 Å². The highest BCUT2D eigenvalue weighted by atomic mass is 35.5. The standard InChI is InChI=1S/C22H19ClF3NO/c1-21(2)18(12-19(23)22(24,25)26)20(21)17(13-27)14-7-6-10-16(11-14)28-15-8-4-3-5-9-15/h3-12,17-18,20H,1-2H3/t17-,18-,20+/m1/s1. The molecule has 2 aromatic carbocycles. The zero-order valence-corrected chi connectivity index (χ0v) is 16.1. The minimum Gasteiger partial charge on any atom is -0.457 e. The first-order chi connectivity index (χ1) is 13.1. The largest absolute Gasteiger partial charge is 0.457 e. The van der Waals surface area contributed by atoms with Crippen molar-refractivity contribution in [3.63, 3.8) is 0 Å². The van der Waals surface area contributed by atoms with Gasteiger partial charge >= 0.3 is 6.18 Å². The van der Waals surface area contributed by atoms with Crippen LogP contribution in [0.4, 0.5) is 13.2 Å². The van der Waals surface area contributed by atoms with Gasteiger partial charge in [0.2, 0.25) is 0 Å². The van der Waals surface area contributed by atoms with Crippen LogP contribution in [-0.4, -0.2) is 6.18 Å². The second-order valence-corrected chi connectivity index (χ2v) is 7.89. The van der Waals surface area contributed by atoms with Crippen LogP contribution in [0.5, 0.6) is 11.5 Å². The molecule has 0 radical (unpaired) electrons. The number of ether oxygens (including phenoxy) is 1. The third-order valence-corrected chi connectivity index (χ3v) is 5.63. The van der Waals surface area contributed by atoms with Gasteiger partial charge in [0.15, 0.2) is 0 Å². The third-order valence-electron chi connectivity index (χ3n) is 5.29. The molecule has 0 bridgehead atoms. The van der Waals surface area contributed by atoms with E-state index in [1.54, 1.807) is 24.3 Å². The van der Waals surface area contributed by atoms with Crippen molar-refractivity contribution in [1.82, 2.24) is 0 Å². The average molecular weight is 406 g/mol. The Kier molecular flexibility index (Phi) is 5.45. The summed E-state index contributed by atoms with van der Waals surface area (Å²) in [4.78, 5) is 0. The van der Waals surface area contributed by atoms with Gasteiger partial charge in [-0.05, 0) is 47.1 Å². The lowest BCUT2D eigenvalue weighted by molar-refractivity contribution is -0.0848. The molecule has 1 aliphatic carbocycles. The summed E-state index contributed by atoms with van der Waals surface area (Å²) in [6, 6.07) is 18.6. The lowest BCUT2D eigenvalue weighted by Gasteiger charge is -2.13. The quantitative estimate of drug-likeness (QED) is 0.534. The Morgan fingerprint density at radius 2 is 1.79 bits per heavy atom. The van der Waals surface area contributed by atoms with Crippen LogP contribution in [0.3, 0.4) is 0 Å². The summed E-state index contributed by atoms with van der Waals surface area (Å²) < 4.78 is 44.2. The van der Waals surface area contributed by atoms with Gasteiger partial charge in [-0.3, -0.25) is 0 Å². The van der Waals surface area contributed by atoms with Crippen LogP contribution < -0.4 is 4.74 Å². The molecule has 0 saturated heterocycles. The van der Waals surface area contributed by atoms with Crippen molar-refractivity contribution < 1.29 is 17.9 Å². The zero-order valence-electron chi connectivity index (χ0n) is 15.4. The fourth-order valence-electron chi connectivity index (χ4n) is 3.68. The predicted molar refractivity (Wildman–Crippen MR) is 102 cm³/mol. The number of para-hydroxylation sites is 1. The molecule has 1 fully saturated rings. The van der Waals surface area contributed by atoms with Gasteiger partial charge in [0.1, 0.15) is 16.5 Å². The van der Waals surface area contributed by atoms with Gasteiger partial charge in [0.25, 0.3) is 0 Å². The molecule has 28 heavy (non-hydrogen) atoms. The maximum atomic E-state index is 12.8. The highest BCUT2D eigenvalue weighted by molar-refractivity contribution is 6.30. The van der Waals surface area contributed by atoms with Crippen molar-refractivity contribution in [1.29, 1.82) is 5.26 Å². The Hall–Kier alpha value is -2.45. The fraction of sp³-hybridized carbons (Fsp3) is 0.318. The maximum absolute atomic E-state index is 12.8. The number of hydrogen-bond donors (Lipinski definition) is 0. The zero-order chi connectivity index (χ0) is 20.5. The van der Waals surface area contributed by atoms with Gasteiger partial charge in [-0.25, -0.2) is 0 Å². The third kappa shape index (κ3) is 4.18. The van der Waals surface area contributed by atoms with Crippen molar-refractivity contribution >= 4 is 11.6 Å². The van der Waals surface area contributed by atoms with E-state index in [0.717, 1.165) is 6.08 Å². The van der Waals surface area contributed by atoms with Gasteiger partial charge < -0.3 is 4.74 Å². The van der Waals surface area contributed by atoms with E-state index >= 15 is 0 Å².